The van der Waals surface area contributed by atoms with E-state index in [2.05, 4.69) is 53.3 Å². The van der Waals surface area contributed by atoms with Gasteiger partial charge in [0, 0.05) is 5.57 Å². The van der Waals surface area contributed by atoms with Crippen molar-refractivity contribution in [3.63, 3.8) is 0 Å². The van der Waals surface area contributed by atoms with E-state index in [1.165, 1.54) is 64.2 Å². The van der Waals surface area contributed by atoms with E-state index in [1.54, 1.807) is 6.92 Å². The number of allylic oxidation sites excluding steroid dienone is 2. The zero-order valence-corrected chi connectivity index (χ0v) is 23.1. The summed E-state index contributed by atoms with van der Waals surface area (Å²) in [4.78, 5) is 11.8. The molecule has 2 unspecified atom stereocenters. The molecule has 0 aromatic rings. The summed E-state index contributed by atoms with van der Waals surface area (Å²) in [6.45, 7) is 18.4. The van der Waals surface area contributed by atoms with Gasteiger partial charge in [-0.25, -0.2) is 4.79 Å². The minimum absolute atomic E-state index is 0.250. The Morgan fingerprint density at radius 2 is 1.71 bits per heavy atom. The Balaban J connectivity index is 1.34. The molecule has 0 N–H and O–H groups in total. The molecule has 3 saturated carbocycles. The van der Waals surface area contributed by atoms with Crippen molar-refractivity contribution < 1.29 is 9.53 Å². The van der Waals surface area contributed by atoms with Crippen molar-refractivity contribution in [3.05, 3.63) is 24.3 Å². The van der Waals surface area contributed by atoms with Gasteiger partial charge < -0.3 is 4.74 Å². The lowest BCUT2D eigenvalue weighted by molar-refractivity contribution is -0.140. The standard InChI is InChI=1S/C32H52O2/c1-21(2)30(33)34-20-24(5)22(3)11-12-23(4)27-15-16-28-26-14-13-25-10-8-9-18-31(25,6)29(26)17-19-32(27,28)7/h8,10,22-29H,1,9,11-20H2,2-7H3/t22-,23+,24?,25?,26-,27+,28-,29-,31-,32+/m0/s1. The van der Waals surface area contributed by atoms with E-state index in [0.717, 1.165) is 35.5 Å². The van der Waals surface area contributed by atoms with Crippen molar-refractivity contribution in [2.45, 2.75) is 106 Å². The minimum atomic E-state index is -0.250. The highest BCUT2D eigenvalue weighted by Crippen LogP contribution is 2.67. The van der Waals surface area contributed by atoms with Crippen molar-refractivity contribution >= 4 is 5.97 Å². The smallest absolute Gasteiger partial charge is 0.333 e. The van der Waals surface area contributed by atoms with Crippen LogP contribution in [0.5, 0.6) is 0 Å². The van der Waals surface area contributed by atoms with Crippen LogP contribution in [0.15, 0.2) is 24.3 Å². The molecule has 0 aromatic heterocycles. The Morgan fingerprint density at radius 3 is 2.44 bits per heavy atom. The molecule has 4 aliphatic carbocycles. The summed E-state index contributed by atoms with van der Waals surface area (Å²) in [6, 6.07) is 0. The lowest BCUT2D eigenvalue weighted by atomic mass is 9.45. The third-order valence-corrected chi connectivity index (χ3v) is 11.8. The first-order chi connectivity index (χ1) is 16.1. The van der Waals surface area contributed by atoms with Crippen LogP contribution in [0.1, 0.15) is 106 Å². The third kappa shape index (κ3) is 4.69. The van der Waals surface area contributed by atoms with Gasteiger partial charge in [-0.3, -0.25) is 0 Å². The Labute approximate surface area is 210 Å². The van der Waals surface area contributed by atoms with E-state index in [0.29, 0.717) is 34.8 Å². The van der Waals surface area contributed by atoms with Crippen molar-refractivity contribution in [2.24, 2.45) is 58.2 Å². The van der Waals surface area contributed by atoms with Crippen LogP contribution in [-0.2, 0) is 9.53 Å². The largest absolute Gasteiger partial charge is 0.462 e. The second-order valence-corrected chi connectivity index (χ2v) is 13.6. The molecule has 0 bridgehead atoms. The summed E-state index contributed by atoms with van der Waals surface area (Å²) in [7, 11) is 0. The first kappa shape index (κ1) is 26.0. The van der Waals surface area contributed by atoms with E-state index < -0.39 is 0 Å². The Bertz CT molecular complexity index is 782. The quantitative estimate of drug-likeness (QED) is 0.202. The van der Waals surface area contributed by atoms with Crippen molar-refractivity contribution in [1.29, 1.82) is 0 Å². The van der Waals surface area contributed by atoms with Gasteiger partial charge in [0.2, 0.25) is 0 Å². The Kier molecular flexibility index (Phi) is 7.76. The number of carbonyl (C=O) groups is 1. The minimum Gasteiger partial charge on any atom is -0.462 e. The highest BCUT2D eigenvalue weighted by molar-refractivity contribution is 5.86. The lowest BCUT2D eigenvalue weighted by Gasteiger charge is -2.60. The first-order valence-corrected chi connectivity index (χ1v) is 14.6. The molecule has 10 atom stereocenters. The van der Waals surface area contributed by atoms with E-state index in [1.807, 2.05) is 0 Å². The average molecular weight is 469 g/mol. The molecule has 0 aliphatic heterocycles. The van der Waals surface area contributed by atoms with Crippen LogP contribution in [0.3, 0.4) is 0 Å². The normalized spacial score (nSPS) is 41.5. The second kappa shape index (κ2) is 10.1. The van der Waals surface area contributed by atoms with Crippen LogP contribution < -0.4 is 0 Å². The van der Waals surface area contributed by atoms with E-state index in [-0.39, 0.29) is 5.97 Å². The summed E-state index contributed by atoms with van der Waals surface area (Å²) in [5.41, 5.74) is 1.62. The molecule has 4 aliphatic rings. The second-order valence-electron chi connectivity index (χ2n) is 13.6. The van der Waals surface area contributed by atoms with Gasteiger partial charge in [-0.1, -0.05) is 66.2 Å². The molecule has 192 valence electrons. The van der Waals surface area contributed by atoms with Crippen LogP contribution in [0.2, 0.25) is 0 Å². The van der Waals surface area contributed by atoms with Gasteiger partial charge in [0.1, 0.15) is 0 Å². The maximum Gasteiger partial charge on any atom is 0.333 e. The van der Waals surface area contributed by atoms with Crippen molar-refractivity contribution in [3.8, 4) is 0 Å². The first-order valence-electron chi connectivity index (χ1n) is 14.6. The summed E-state index contributed by atoms with van der Waals surface area (Å²) < 4.78 is 5.43. The van der Waals surface area contributed by atoms with E-state index in [9.17, 15) is 4.79 Å². The Hall–Kier alpha value is -1.05. The van der Waals surface area contributed by atoms with Gasteiger partial charge in [0.15, 0.2) is 0 Å². The maximum atomic E-state index is 11.8. The third-order valence-electron chi connectivity index (χ3n) is 11.8. The maximum absolute atomic E-state index is 11.8. The SMILES string of the molecule is C=C(C)C(=O)OCC(C)[C@@H](C)CC[C@@H](C)[C@H]1CC[C@H]2[C@@H]3CCC4C=CCC[C@]4(C)[C@H]3CC[C@]12C. The fraction of sp³-hybridized carbons (Fsp3) is 0.844. The Morgan fingerprint density at radius 1 is 0.971 bits per heavy atom. The van der Waals surface area contributed by atoms with Gasteiger partial charge in [-0.15, -0.1) is 0 Å². The fourth-order valence-corrected chi connectivity index (χ4v) is 9.31. The zero-order valence-electron chi connectivity index (χ0n) is 23.1. The molecule has 34 heavy (non-hydrogen) atoms. The number of fused-ring (bicyclic) bond motifs is 5. The summed E-state index contributed by atoms with van der Waals surface area (Å²) >= 11 is 0. The van der Waals surface area contributed by atoms with Gasteiger partial charge in [-0.05, 0) is 116 Å². The number of carbonyl (C=O) groups excluding carboxylic acids is 1. The van der Waals surface area contributed by atoms with Crippen LogP contribution in [0, 0.1) is 58.2 Å². The highest BCUT2D eigenvalue weighted by atomic mass is 16.5. The number of rotatable bonds is 8. The molecule has 2 heteroatoms. The molecule has 0 saturated heterocycles. The molecule has 3 fully saturated rings. The topological polar surface area (TPSA) is 26.3 Å². The van der Waals surface area contributed by atoms with Crippen molar-refractivity contribution in [1.82, 2.24) is 0 Å². The number of ether oxygens (including phenoxy) is 1. The van der Waals surface area contributed by atoms with Gasteiger partial charge in [-0.2, -0.15) is 0 Å². The van der Waals surface area contributed by atoms with Crippen LogP contribution in [0.4, 0.5) is 0 Å². The fourth-order valence-electron chi connectivity index (χ4n) is 9.31. The zero-order chi connectivity index (χ0) is 24.7. The van der Waals surface area contributed by atoms with Gasteiger partial charge >= 0.3 is 5.97 Å². The molecule has 2 nitrogen and oxygen atoms in total. The molecular formula is C32H52O2. The monoisotopic (exact) mass is 468 g/mol. The van der Waals surface area contributed by atoms with Crippen molar-refractivity contribution in [2.75, 3.05) is 6.61 Å². The average Bonchev–Trinajstić information content (AvgIpc) is 3.17. The summed E-state index contributed by atoms with van der Waals surface area (Å²) in [5.74, 6) is 6.16. The predicted octanol–water partition coefficient (Wildman–Crippen LogP) is 8.62. The summed E-state index contributed by atoms with van der Waals surface area (Å²) in [6.07, 6.45) is 19.1. The van der Waals surface area contributed by atoms with E-state index >= 15 is 0 Å². The van der Waals surface area contributed by atoms with E-state index in [4.69, 9.17) is 4.74 Å². The van der Waals surface area contributed by atoms with Crippen LogP contribution >= 0.6 is 0 Å². The molecule has 0 amide bonds. The molecule has 0 spiro atoms. The molecule has 0 radical (unpaired) electrons. The van der Waals surface area contributed by atoms with Gasteiger partial charge in [0.05, 0.1) is 6.61 Å². The van der Waals surface area contributed by atoms with Gasteiger partial charge in [0.25, 0.3) is 0 Å². The lowest BCUT2D eigenvalue weighted by Crippen LogP contribution is -2.52. The molecular weight excluding hydrogens is 416 g/mol. The van der Waals surface area contributed by atoms with Crippen LogP contribution in [0.25, 0.3) is 0 Å². The predicted molar refractivity (Wildman–Crippen MR) is 142 cm³/mol. The summed E-state index contributed by atoms with van der Waals surface area (Å²) in [5, 5.41) is 0. The number of hydrogen-bond acceptors (Lipinski definition) is 2. The number of esters is 1. The molecule has 4 rings (SSSR count). The molecule has 0 heterocycles. The number of hydrogen-bond donors (Lipinski definition) is 0. The van der Waals surface area contributed by atoms with Crippen LogP contribution in [-0.4, -0.2) is 12.6 Å². The molecule has 0 aromatic carbocycles. The highest BCUT2D eigenvalue weighted by Gasteiger charge is 2.59.